The molecular formula is C18H25N3O4S. The molecule has 0 spiro atoms. The molecule has 2 fully saturated rings. The Morgan fingerprint density at radius 2 is 1.65 bits per heavy atom. The number of hydrogen-bond acceptors (Lipinski definition) is 5. The van der Waals surface area contributed by atoms with E-state index in [9.17, 15) is 18.0 Å². The molecule has 0 aromatic heterocycles. The van der Waals surface area contributed by atoms with Gasteiger partial charge in [-0.25, -0.2) is 8.42 Å². The highest BCUT2D eigenvalue weighted by atomic mass is 32.2. The summed E-state index contributed by atoms with van der Waals surface area (Å²) in [5.41, 5.74) is 0.490. The van der Waals surface area contributed by atoms with Crippen molar-refractivity contribution in [1.29, 1.82) is 0 Å². The Labute approximate surface area is 154 Å². The molecule has 2 aliphatic rings. The Morgan fingerprint density at radius 1 is 1.08 bits per heavy atom. The summed E-state index contributed by atoms with van der Waals surface area (Å²) >= 11 is 0. The predicted molar refractivity (Wildman–Crippen MR) is 97.4 cm³/mol. The van der Waals surface area contributed by atoms with Crippen molar-refractivity contribution < 1.29 is 18.0 Å². The normalized spacial score (nSPS) is 20.5. The fraction of sp³-hybridized carbons (Fsp3) is 0.556. The molecule has 3 rings (SSSR count). The first-order valence-electron chi connectivity index (χ1n) is 8.94. The third kappa shape index (κ3) is 4.13. The molecule has 1 N–H and O–H groups in total. The molecule has 1 aliphatic carbocycles. The lowest BCUT2D eigenvalue weighted by Crippen LogP contribution is -2.55. The van der Waals surface area contributed by atoms with Crippen molar-refractivity contribution in [2.45, 2.75) is 43.7 Å². The molecule has 1 aliphatic heterocycles. The van der Waals surface area contributed by atoms with Gasteiger partial charge in [-0.1, -0.05) is 12.1 Å². The average Bonchev–Trinajstić information content (AvgIpc) is 3.45. The fourth-order valence-electron chi connectivity index (χ4n) is 3.06. The minimum atomic E-state index is -3.59. The second kappa shape index (κ2) is 7.46. The van der Waals surface area contributed by atoms with Crippen LogP contribution in [-0.2, 0) is 14.8 Å². The fourth-order valence-corrected chi connectivity index (χ4v) is 4.48. The number of carbonyl (C=O) groups is 2. The van der Waals surface area contributed by atoms with E-state index in [0.29, 0.717) is 37.8 Å². The highest BCUT2D eigenvalue weighted by Gasteiger charge is 2.33. The maximum absolute atomic E-state index is 12.8. The average molecular weight is 379 g/mol. The molecule has 1 aromatic rings. The number of nitrogens with one attached hydrogen (secondary N) is 1. The smallest absolute Gasteiger partial charge is 0.243 e. The molecule has 1 atom stereocenters. The number of hydrogen-bond donors (Lipinski definition) is 1. The van der Waals surface area contributed by atoms with Gasteiger partial charge in [-0.3, -0.25) is 14.5 Å². The zero-order valence-corrected chi connectivity index (χ0v) is 16.0. The van der Waals surface area contributed by atoms with E-state index in [4.69, 9.17) is 0 Å². The van der Waals surface area contributed by atoms with Gasteiger partial charge in [-0.2, -0.15) is 4.31 Å². The number of benzene rings is 1. The molecule has 0 radical (unpaired) electrons. The van der Waals surface area contributed by atoms with Crippen molar-refractivity contribution in [1.82, 2.24) is 14.5 Å². The second-order valence-electron chi connectivity index (χ2n) is 6.98. The van der Waals surface area contributed by atoms with Crippen molar-refractivity contribution in [3.8, 4) is 0 Å². The van der Waals surface area contributed by atoms with Crippen LogP contribution in [0.25, 0.3) is 0 Å². The predicted octanol–water partition coefficient (Wildman–Crippen LogP) is 0.863. The lowest BCUT2D eigenvalue weighted by Gasteiger charge is -2.36. The lowest BCUT2D eigenvalue weighted by molar-refractivity contribution is -0.126. The van der Waals surface area contributed by atoms with Gasteiger partial charge in [0.15, 0.2) is 5.78 Å². The highest BCUT2D eigenvalue weighted by Crippen LogP contribution is 2.21. The molecule has 1 amide bonds. The maximum Gasteiger partial charge on any atom is 0.243 e. The van der Waals surface area contributed by atoms with E-state index in [1.165, 1.54) is 35.5 Å². The van der Waals surface area contributed by atoms with E-state index in [2.05, 4.69) is 5.32 Å². The Kier molecular flexibility index (Phi) is 5.45. The van der Waals surface area contributed by atoms with Crippen molar-refractivity contribution in [2.24, 2.45) is 0 Å². The van der Waals surface area contributed by atoms with Gasteiger partial charge >= 0.3 is 0 Å². The quantitative estimate of drug-likeness (QED) is 0.741. The van der Waals surface area contributed by atoms with Crippen LogP contribution in [0, 0.1) is 0 Å². The zero-order valence-electron chi connectivity index (χ0n) is 15.1. The number of piperazine rings is 1. The van der Waals surface area contributed by atoms with Crippen molar-refractivity contribution in [3.05, 3.63) is 29.8 Å². The van der Waals surface area contributed by atoms with Crippen LogP contribution in [0.15, 0.2) is 29.2 Å². The summed E-state index contributed by atoms with van der Waals surface area (Å²) in [7, 11) is -3.59. The third-order valence-corrected chi connectivity index (χ3v) is 6.94. The van der Waals surface area contributed by atoms with Gasteiger partial charge in [0.25, 0.3) is 0 Å². The summed E-state index contributed by atoms with van der Waals surface area (Å²) in [6, 6.07) is 6.10. The standard InChI is InChI=1S/C18H25N3O4S/c1-13(18(23)19-16-5-6-16)20-9-11-21(12-10-20)26(24,25)17-7-3-15(4-8-17)14(2)22/h3-4,7-8,13,16H,5-6,9-12H2,1-2H3,(H,19,23)/t13-/m1/s1. The summed E-state index contributed by atoms with van der Waals surface area (Å²) in [6.07, 6.45) is 2.10. The monoisotopic (exact) mass is 379 g/mol. The van der Waals surface area contributed by atoms with Gasteiger partial charge in [-0.15, -0.1) is 0 Å². The molecule has 1 heterocycles. The molecule has 8 heteroatoms. The molecule has 26 heavy (non-hydrogen) atoms. The molecule has 7 nitrogen and oxygen atoms in total. The van der Waals surface area contributed by atoms with Gasteiger partial charge in [0.2, 0.25) is 15.9 Å². The van der Waals surface area contributed by atoms with Crippen molar-refractivity contribution in [2.75, 3.05) is 26.2 Å². The molecule has 1 aromatic carbocycles. The Hall–Kier alpha value is -1.77. The minimum absolute atomic E-state index is 0.0172. The minimum Gasteiger partial charge on any atom is -0.352 e. The first-order chi connectivity index (χ1) is 12.3. The zero-order chi connectivity index (χ0) is 18.9. The Bertz CT molecular complexity index is 779. The van der Waals surface area contributed by atoms with E-state index in [-0.39, 0.29) is 22.6 Å². The van der Waals surface area contributed by atoms with E-state index >= 15 is 0 Å². The third-order valence-electron chi connectivity index (χ3n) is 5.02. The first-order valence-corrected chi connectivity index (χ1v) is 10.4. The highest BCUT2D eigenvalue weighted by molar-refractivity contribution is 7.89. The number of amides is 1. The summed E-state index contributed by atoms with van der Waals surface area (Å²) in [5.74, 6) is -0.0790. The van der Waals surface area contributed by atoms with Crippen LogP contribution in [0.2, 0.25) is 0 Å². The summed E-state index contributed by atoms with van der Waals surface area (Å²) in [5, 5.41) is 2.99. The van der Waals surface area contributed by atoms with Crippen molar-refractivity contribution >= 4 is 21.7 Å². The molecular weight excluding hydrogens is 354 g/mol. The van der Waals surface area contributed by atoms with E-state index in [1.807, 2.05) is 11.8 Å². The van der Waals surface area contributed by atoms with Crippen LogP contribution in [-0.4, -0.2) is 67.6 Å². The number of sulfonamides is 1. The molecule has 142 valence electrons. The number of carbonyl (C=O) groups excluding carboxylic acids is 2. The van der Waals surface area contributed by atoms with E-state index in [1.54, 1.807) is 0 Å². The van der Waals surface area contributed by atoms with Crippen LogP contribution in [0.1, 0.15) is 37.0 Å². The van der Waals surface area contributed by atoms with Gasteiger partial charge in [0.05, 0.1) is 10.9 Å². The molecule has 0 bridgehead atoms. The van der Waals surface area contributed by atoms with Crippen LogP contribution in [0.4, 0.5) is 0 Å². The summed E-state index contributed by atoms with van der Waals surface area (Å²) in [4.78, 5) is 25.7. The lowest BCUT2D eigenvalue weighted by atomic mass is 10.2. The first kappa shape index (κ1) is 19.0. The second-order valence-corrected chi connectivity index (χ2v) is 8.92. The maximum atomic E-state index is 12.8. The number of Topliss-reactive ketones (excluding diaryl/α,β-unsaturated/α-hetero) is 1. The topological polar surface area (TPSA) is 86.8 Å². The largest absolute Gasteiger partial charge is 0.352 e. The molecule has 1 saturated heterocycles. The number of nitrogens with zero attached hydrogens (tertiary/aromatic N) is 2. The Balaban J connectivity index is 1.60. The van der Waals surface area contributed by atoms with Gasteiger partial charge in [0.1, 0.15) is 0 Å². The van der Waals surface area contributed by atoms with Crippen LogP contribution >= 0.6 is 0 Å². The van der Waals surface area contributed by atoms with Crippen LogP contribution in [0.3, 0.4) is 0 Å². The summed E-state index contributed by atoms with van der Waals surface area (Å²) in [6.45, 7) is 5.04. The van der Waals surface area contributed by atoms with Gasteiger partial charge in [-0.05, 0) is 38.8 Å². The van der Waals surface area contributed by atoms with E-state index < -0.39 is 10.0 Å². The van der Waals surface area contributed by atoms with Crippen LogP contribution < -0.4 is 5.32 Å². The number of rotatable bonds is 6. The van der Waals surface area contributed by atoms with Crippen LogP contribution in [0.5, 0.6) is 0 Å². The van der Waals surface area contributed by atoms with Gasteiger partial charge < -0.3 is 5.32 Å². The molecule has 1 saturated carbocycles. The van der Waals surface area contributed by atoms with Gasteiger partial charge in [0, 0.05) is 37.8 Å². The molecule has 0 unspecified atom stereocenters. The van der Waals surface area contributed by atoms with Crippen molar-refractivity contribution in [3.63, 3.8) is 0 Å². The van der Waals surface area contributed by atoms with E-state index in [0.717, 1.165) is 12.8 Å². The Morgan fingerprint density at radius 3 is 2.15 bits per heavy atom. The SMILES string of the molecule is CC(=O)c1ccc(S(=O)(=O)N2CCN([C@H](C)C(=O)NC3CC3)CC2)cc1. The number of ketones is 1. The summed E-state index contributed by atoms with van der Waals surface area (Å²) < 4.78 is 27.0.